The van der Waals surface area contributed by atoms with Crippen molar-refractivity contribution in [2.45, 2.75) is 133 Å². The second-order valence-electron chi connectivity index (χ2n) is 14.9. The first-order chi connectivity index (χ1) is 26.5. The molecule has 3 rings (SSSR count). The van der Waals surface area contributed by atoms with Crippen molar-refractivity contribution in [1.82, 2.24) is 10.6 Å². The molecule has 3 saturated heterocycles. The molecule has 3 aliphatic rings. The number of rotatable bonds is 20. The summed E-state index contributed by atoms with van der Waals surface area (Å²) in [5, 5.41) is 36.6. The van der Waals surface area contributed by atoms with Gasteiger partial charge in [0.1, 0.15) is 30.8 Å². The van der Waals surface area contributed by atoms with E-state index in [0.717, 1.165) is 0 Å². The van der Waals surface area contributed by atoms with Gasteiger partial charge in [0.05, 0.1) is 30.8 Å². The summed E-state index contributed by atoms with van der Waals surface area (Å²) < 4.78 is 35.4. The molecule has 18 nitrogen and oxygen atoms in total. The van der Waals surface area contributed by atoms with Crippen LogP contribution < -0.4 is 22.1 Å². The van der Waals surface area contributed by atoms with Crippen LogP contribution >= 0.6 is 0 Å². The molecule has 3 aliphatic heterocycles. The van der Waals surface area contributed by atoms with Crippen LogP contribution in [0.1, 0.15) is 72.6 Å². The number of Topliss-reactive ketones (excluding diaryl/α,β-unsaturated/α-hetero) is 1. The van der Waals surface area contributed by atoms with Gasteiger partial charge in [0.2, 0.25) is 11.7 Å². The molecule has 3 heterocycles. The molecule has 0 radical (unpaired) electrons. The Labute approximate surface area is 328 Å². The van der Waals surface area contributed by atoms with Gasteiger partial charge in [-0.3, -0.25) is 19.4 Å². The molecule has 0 bridgehead atoms. The summed E-state index contributed by atoms with van der Waals surface area (Å²) in [7, 11) is 2.82. The number of aliphatic imine (C=N–C) groups is 1. The lowest BCUT2D eigenvalue weighted by Crippen LogP contribution is -2.69. The number of ketones is 1. The largest absolute Gasteiger partial charge is 0.480 e. The molecule has 2 amide bonds. The zero-order valence-corrected chi connectivity index (χ0v) is 33.1. The topological polar surface area (TPSA) is 273 Å². The lowest BCUT2D eigenvalue weighted by atomic mass is 9.72. The second-order valence-corrected chi connectivity index (χ2v) is 14.9. The molecule has 18 heteroatoms. The predicted molar refractivity (Wildman–Crippen MR) is 202 cm³/mol. The molecule has 0 unspecified atom stereocenters. The molecular formula is C38H61N5O13. The Kier molecular flexibility index (Phi) is 18.1. The van der Waals surface area contributed by atoms with Crippen molar-refractivity contribution < 1.29 is 62.9 Å². The maximum atomic E-state index is 13.4. The van der Waals surface area contributed by atoms with Crippen LogP contribution in [0.3, 0.4) is 0 Å². The summed E-state index contributed by atoms with van der Waals surface area (Å²) >= 11 is 0. The fourth-order valence-corrected chi connectivity index (χ4v) is 7.05. The molecule has 0 aromatic heterocycles. The second kappa shape index (κ2) is 21.7. The van der Waals surface area contributed by atoms with E-state index in [2.05, 4.69) is 15.6 Å². The monoisotopic (exact) mass is 795 g/mol. The molecule has 0 aromatic carbocycles. The zero-order valence-electron chi connectivity index (χ0n) is 33.1. The number of methoxy groups -OCH3 is 2. The number of aliphatic hydroxyl groups excluding tert-OH is 2. The number of hydrogen-bond donors (Lipinski definition) is 7. The number of carboxylic acid groups (broad SMARTS) is 1. The van der Waals surface area contributed by atoms with Crippen molar-refractivity contribution in [2.24, 2.45) is 27.8 Å². The van der Waals surface area contributed by atoms with E-state index in [9.17, 15) is 34.5 Å². The van der Waals surface area contributed by atoms with Crippen molar-refractivity contribution in [3.8, 4) is 0 Å². The molecule has 9 N–H and O–H groups in total. The van der Waals surface area contributed by atoms with Gasteiger partial charge in [-0.25, -0.2) is 4.79 Å². The number of nitrogens with one attached hydrogen (secondary N) is 2. The minimum absolute atomic E-state index is 0.0833. The average molecular weight is 796 g/mol. The van der Waals surface area contributed by atoms with Gasteiger partial charge in [-0.1, -0.05) is 51.2 Å². The Morgan fingerprint density at radius 1 is 1.04 bits per heavy atom. The van der Waals surface area contributed by atoms with Crippen molar-refractivity contribution >= 4 is 29.5 Å². The van der Waals surface area contributed by atoms with Gasteiger partial charge in [-0.15, -0.1) is 0 Å². The van der Waals surface area contributed by atoms with Crippen LogP contribution in [0.2, 0.25) is 0 Å². The third kappa shape index (κ3) is 12.6. The molecule has 56 heavy (non-hydrogen) atoms. The highest BCUT2D eigenvalue weighted by Gasteiger charge is 2.57. The smallest absolute Gasteiger partial charge is 0.326 e. The summed E-state index contributed by atoms with van der Waals surface area (Å²) in [4.78, 5) is 53.4. The van der Waals surface area contributed by atoms with Gasteiger partial charge >= 0.3 is 5.97 Å². The molecule has 316 valence electrons. The van der Waals surface area contributed by atoms with Crippen LogP contribution in [-0.4, -0.2) is 133 Å². The van der Waals surface area contributed by atoms with Crippen LogP contribution in [0.15, 0.2) is 41.4 Å². The third-order valence-corrected chi connectivity index (χ3v) is 10.6. The Hall–Kier alpha value is -3.75. The average Bonchev–Trinajstić information content (AvgIpc) is 3.14. The van der Waals surface area contributed by atoms with E-state index in [0.29, 0.717) is 25.7 Å². The van der Waals surface area contributed by atoms with E-state index in [1.807, 2.05) is 19.9 Å². The van der Waals surface area contributed by atoms with Crippen molar-refractivity contribution in [2.75, 3.05) is 27.6 Å². The third-order valence-electron chi connectivity index (χ3n) is 10.6. The van der Waals surface area contributed by atoms with Gasteiger partial charge < -0.3 is 65.8 Å². The first-order valence-electron chi connectivity index (χ1n) is 18.9. The normalized spacial score (nSPS) is 30.8. The SMILES string of the molecule is CO[C@@H]1[C@H]2OCO[C@H](NC(=O)[C@@H](O)[C@@]3(OC)CC(=O)[C@@H](C)[C@@H](C)O3)[C@H]2O[C@H](C[C@H](O)CCC/C=C/C=C/C=C/C(=O)N[C@@H](CCCN=C(N)N)C(=O)O)C1(C)C. The number of aliphatic carboxylic acids is 1. The molecule has 11 atom stereocenters. The maximum Gasteiger partial charge on any atom is 0.326 e. The summed E-state index contributed by atoms with van der Waals surface area (Å²) in [6, 6.07) is -1.07. The quantitative estimate of drug-likeness (QED) is 0.0291. The highest BCUT2D eigenvalue weighted by Crippen LogP contribution is 2.44. The van der Waals surface area contributed by atoms with E-state index in [-0.39, 0.29) is 44.3 Å². The number of carbonyl (C=O) groups is 4. The molecule has 3 fully saturated rings. The molecule has 0 spiro atoms. The number of fused-ring (bicyclic) bond motifs is 1. The van der Waals surface area contributed by atoms with Crippen LogP contribution in [-0.2, 0) is 47.6 Å². The van der Waals surface area contributed by atoms with Crippen molar-refractivity contribution in [3.05, 3.63) is 36.5 Å². The highest BCUT2D eigenvalue weighted by molar-refractivity contribution is 5.91. The number of nitrogens with zero attached hydrogens (tertiary/aromatic N) is 1. The standard InChI is InChI=1S/C38H61N5O13/c1-22-23(2)56-38(52-6,20-26(22)45)31(47)33(48)43-34-30-29(53-21-54-34)32(51-5)37(3,4)27(55-30)19-24(44)15-12-10-8-7-9-11-13-17-28(46)42-25(35(49)50)16-14-18-41-36(39)40/h7-9,11,13,17,22-25,27,29-32,34,44,47H,10,12,14-16,18-21H2,1-6H3,(H,42,46)(H,43,48)(H,49,50)(H4,39,40,41)/b8-7+,11-9+,17-13+/t22-,23+,24+,25-,27+,29-,30-,31+,32+,34-,38+/m0/s1. The van der Waals surface area contributed by atoms with Crippen LogP contribution in [0.5, 0.6) is 0 Å². The number of amides is 2. The lowest BCUT2D eigenvalue weighted by Gasteiger charge is -2.54. The lowest BCUT2D eigenvalue weighted by molar-refractivity contribution is -0.332. The van der Waals surface area contributed by atoms with Crippen molar-refractivity contribution in [1.29, 1.82) is 0 Å². The van der Waals surface area contributed by atoms with Gasteiger partial charge in [0.15, 0.2) is 18.3 Å². The number of carboxylic acids is 1. The van der Waals surface area contributed by atoms with Crippen LogP contribution in [0.4, 0.5) is 0 Å². The number of hydrogen-bond acceptors (Lipinski definition) is 13. The number of carbonyl (C=O) groups excluding carboxylic acids is 3. The molecule has 0 saturated carbocycles. The summed E-state index contributed by atoms with van der Waals surface area (Å²) in [6.07, 6.45) is 5.32. The number of allylic oxidation sites excluding steroid dienone is 5. The first-order valence-corrected chi connectivity index (χ1v) is 18.9. The number of aliphatic hydroxyl groups is 2. The van der Waals surface area contributed by atoms with Crippen LogP contribution in [0.25, 0.3) is 0 Å². The first kappa shape index (κ1) is 46.6. The number of guanidine groups is 1. The summed E-state index contributed by atoms with van der Waals surface area (Å²) in [5.41, 5.74) is 9.90. The zero-order chi connectivity index (χ0) is 41.6. The molecule has 0 aliphatic carbocycles. The van der Waals surface area contributed by atoms with E-state index in [1.165, 1.54) is 19.3 Å². The fraction of sp³-hybridized carbons (Fsp3) is 0.711. The number of unbranched alkanes of at least 4 members (excludes halogenated alkanes) is 1. The number of ether oxygens (including phenoxy) is 6. The van der Waals surface area contributed by atoms with E-state index in [1.54, 1.807) is 39.2 Å². The Bertz CT molecular complexity index is 1450. The minimum Gasteiger partial charge on any atom is -0.480 e. The van der Waals surface area contributed by atoms with E-state index in [4.69, 9.17) is 39.9 Å². The van der Waals surface area contributed by atoms with Crippen molar-refractivity contribution in [3.63, 3.8) is 0 Å². The van der Waals surface area contributed by atoms with Gasteiger partial charge in [0, 0.05) is 44.6 Å². The summed E-state index contributed by atoms with van der Waals surface area (Å²) in [6.45, 7) is 7.39. The predicted octanol–water partition coefficient (Wildman–Crippen LogP) is 0.541. The highest BCUT2D eigenvalue weighted by atomic mass is 16.7. The Balaban J connectivity index is 1.51. The van der Waals surface area contributed by atoms with E-state index >= 15 is 0 Å². The minimum atomic E-state index is -1.87. The van der Waals surface area contributed by atoms with Crippen LogP contribution in [0, 0.1) is 11.3 Å². The molecule has 0 aromatic rings. The van der Waals surface area contributed by atoms with Gasteiger partial charge in [-0.2, -0.15) is 0 Å². The Morgan fingerprint density at radius 3 is 2.39 bits per heavy atom. The Morgan fingerprint density at radius 2 is 1.75 bits per heavy atom. The van der Waals surface area contributed by atoms with Gasteiger partial charge in [-0.05, 0) is 39.0 Å². The summed E-state index contributed by atoms with van der Waals surface area (Å²) in [5.74, 6) is -5.17. The molecular weight excluding hydrogens is 734 g/mol. The fourth-order valence-electron chi connectivity index (χ4n) is 7.05. The number of nitrogens with two attached hydrogens (primary N) is 2. The maximum absolute atomic E-state index is 13.4. The van der Waals surface area contributed by atoms with E-state index < -0.39 is 89.9 Å². The van der Waals surface area contributed by atoms with Gasteiger partial charge in [0.25, 0.3) is 5.91 Å².